The van der Waals surface area contributed by atoms with Gasteiger partial charge in [-0.1, -0.05) is 53.9 Å². The molecule has 0 aliphatic rings. The van der Waals surface area contributed by atoms with Gasteiger partial charge in [-0.25, -0.2) is 8.42 Å². The molecule has 0 saturated heterocycles. The highest BCUT2D eigenvalue weighted by Gasteiger charge is 2.29. The largest absolute Gasteiger partial charge is 0.355 e. The van der Waals surface area contributed by atoms with Crippen molar-refractivity contribution in [1.82, 2.24) is 10.2 Å². The Kier molecular flexibility index (Phi) is 11.1. The first-order valence-electron chi connectivity index (χ1n) is 11.2. The van der Waals surface area contributed by atoms with Crippen molar-refractivity contribution >= 4 is 62.3 Å². The lowest BCUT2D eigenvalue weighted by atomic mass is 10.1. The van der Waals surface area contributed by atoms with Crippen molar-refractivity contribution in [1.29, 1.82) is 0 Å². The fourth-order valence-electron chi connectivity index (χ4n) is 3.70. The number of hydrogen-bond donors (Lipinski definition) is 1. The molecule has 2 aromatic carbocycles. The number of nitrogens with one attached hydrogen (secondary N) is 1. The fraction of sp³-hybridized carbons (Fsp3) is 0.417. The van der Waals surface area contributed by atoms with Crippen LogP contribution in [0, 0.1) is 0 Å². The highest BCUT2D eigenvalue weighted by molar-refractivity contribution is 7.92. The van der Waals surface area contributed by atoms with E-state index in [0.29, 0.717) is 39.3 Å². The third-order valence-electron chi connectivity index (χ3n) is 5.38. The van der Waals surface area contributed by atoms with Crippen molar-refractivity contribution < 1.29 is 18.0 Å². The molecule has 0 aliphatic carbocycles. The van der Waals surface area contributed by atoms with Crippen molar-refractivity contribution in [2.24, 2.45) is 0 Å². The lowest BCUT2D eigenvalue weighted by Gasteiger charge is -2.31. The second-order valence-electron chi connectivity index (χ2n) is 7.96. The number of nitrogens with zero attached hydrogens (tertiary/aromatic N) is 2. The van der Waals surface area contributed by atoms with Gasteiger partial charge in [0, 0.05) is 46.7 Å². The van der Waals surface area contributed by atoms with Crippen LogP contribution in [0.3, 0.4) is 0 Å². The lowest BCUT2D eigenvalue weighted by Crippen LogP contribution is -2.49. The second kappa shape index (κ2) is 13.3. The quantitative estimate of drug-likeness (QED) is 0.388. The molecule has 0 aromatic heterocycles. The van der Waals surface area contributed by atoms with E-state index in [2.05, 4.69) is 5.32 Å². The normalized spacial score (nSPS) is 12.2. The van der Waals surface area contributed by atoms with E-state index in [9.17, 15) is 18.0 Å². The number of benzene rings is 2. The molecule has 1 atom stereocenters. The number of hydrogen-bond acceptors (Lipinski definition) is 4. The Morgan fingerprint density at radius 1 is 1.03 bits per heavy atom. The van der Waals surface area contributed by atoms with Crippen LogP contribution in [0.25, 0.3) is 0 Å². The molecule has 0 spiro atoms. The van der Waals surface area contributed by atoms with Crippen LogP contribution in [-0.2, 0) is 26.2 Å². The zero-order valence-corrected chi connectivity index (χ0v) is 23.0. The van der Waals surface area contributed by atoms with Gasteiger partial charge in [-0.15, -0.1) is 0 Å². The molecule has 0 saturated carbocycles. The number of carbonyl (C=O) groups excluding carboxylic acids is 2. The van der Waals surface area contributed by atoms with Crippen LogP contribution in [0.5, 0.6) is 0 Å². The van der Waals surface area contributed by atoms with E-state index < -0.39 is 16.1 Å². The second-order valence-corrected chi connectivity index (χ2v) is 11.1. The third kappa shape index (κ3) is 8.27. The van der Waals surface area contributed by atoms with Crippen molar-refractivity contribution in [3.05, 3.63) is 63.1 Å². The minimum Gasteiger partial charge on any atom is -0.355 e. The van der Waals surface area contributed by atoms with Crippen molar-refractivity contribution in [2.45, 2.75) is 45.7 Å². The van der Waals surface area contributed by atoms with Crippen molar-refractivity contribution in [2.75, 3.05) is 23.7 Å². The maximum Gasteiger partial charge on any atom is 0.242 e. The summed E-state index contributed by atoms with van der Waals surface area (Å²) in [6, 6.07) is 10.8. The van der Waals surface area contributed by atoms with E-state index in [1.807, 2.05) is 6.92 Å². The van der Waals surface area contributed by atoms with Gasteiger partial charge in [-0.3, -0.25) is 13.9 Å². The number of likely N-dealkylation sites (N-methyl/N-ethyl adjacent to an activating group) is 1. The Hall–Kier alpha value is -2.00. The summed E-state index contributed by atoms with van der Waals surface area (Å²) in [5, 5.41) is 3.96. The molecule has 11 heteroatoms. The van der Waals surface area contributed by atoms with Gasteiger partial charge in [-0.2, -0.15) is 0 Å². The predicted octanol–water partition coefficient (Wildman–Crippen LogP) is 5.14. The Morgan fingerprint density at radius 2 is 1.66 bits per heavy atom. The van der Waals surface area contributed by atoms with E-state index >= 15 is 0 Å². The lowest BCUT2D eigenvalue weighted by molar-refractivity contribution is -0.141. The molecule has 0 unspecified atom stereocenters. The standard InChI is InChI=1S/C24H30Cl3N3O4S/c1-4-22(24(32)28-5-2)29(16-19-20(26)11-7-12-21(19)27)23(31)13-8-14-30(35(3,33)34)18-10-6-9-17(25)15-18/h6-7,9-12,15,22H,4-5,8,13-14,16H2,1-3H3,(H,28,32)/t22-/m0/s1. The summed E-state index contributed by atoms with van der Waals surface area (Å²) in [6.45, 7) is 4.17. The summed E-state index contributed by atoms with van der Waals surface area (Å²) in [7, 11) is -3.60. The van der Waals surface area contributed by atoms with Gasteiger partial charge in [0.1, 0.15) is 6.04 Å². The van der Waals surface area contributed by atoms with E-state index in [1.54, 1.807) is 49.4 Å². The molecule has 0 fully saturated rings. The number of rotatable bonds is 12. The summed E-state index contributed by atoms with van der Waals surface area (Å²) in [4.78, 5) is 27.6. The van der Waals surface area contributed by atoms with E-state index in [4.69, 9.17) is 34.8 Å². The van der Waals surface area contributed by atoms with Gasteiger partial charge in [0.05, 0.1) is 11.9 Å². The molecule has 0 aliphatic heterocycles. The molecule has 35 heavy (non-hydrogen) atoms. The number of amides is 2. The number of carbonyl (C=O) groups is 2. The van der Waals surface area contributed by atoms with E-state index in [-0.39, 0.29) is 37.7 Å². The molecular formula is C24H30Cl3N3O4S. The fourth-order valence-corrected chi connectivity index (χ4v) is 5.36. The van der Waals surface area contributed by atoms with Gasteiger partial charge in [0.15, 0.2) is 0 Å². The molecule has 192 valence electrons. The van der Waals surface area contributed by atoms with E-state index in [1.165, 1.54) is 9.21 Å². The Bertz CT molecular complexity index is 1120. The van der Waals surface area contributed by atoms with Crippen LogP contribution in [-0.4, -0.2) is 50.5 Å². The summed E-state index contributed by atoms with van der Waals surface area (Å²) in [6.07, 6.45) is 1.74. The predicted molar refractivity (Wildman–Crippen MR) is 143 cm³/mol. The topological polar surface area (TPSA) is 86.8 Å². The Balaban J connectivity index is 2.26. The molecule has 2 rings (SSSR count). The number of anilines is 1. The highest BCUT2D eigenvalue weighted by Crippen LogP contribution is 2.28. The van der Waals surface area contributed by atoms with Crippen LogP contribution in [0.4, 0.5) is 5.69 Å². The van der Waals surface area contributed by atoms with Crippen LogP contribution >= 0.6 is 34.8 Å². The smallest absolute Gasteiger partial charge is 0.242 e. The first-order chi connectivity index (χ1) is 16.5. The zero-order chi connectivity index (χ0) is 26.2. The van der Waals surface area contributed by atoms with Crippen LogP contribution in [0.15, 0.2) is 42.5 Å². The van der Waals surface area contributed by atoms with Crippen LogP contribution in [0.2, 0.25) is 15.1 Å². The Morgan fingerprint density at radius 3 is 2.20 bits per heavy atom. The first-order valence-corrected chi connectivity index (χ1v) is 14.2. The highest BCUT2D eigenvalue weighted by atomic mass is 35.5. The molecule has 0 heterocycles. The summed E-state index contributed by atoms with van der Waals surface area (Å²) in [5.74, 6) is -0.582. The molecule has 2 amide bonds. The summed E-state index contributed by atoms with van der Waals surface area (Å²) < 4.78 is 26.0. The number of halogens is 3. The minimum absolute atomic E-state index is 0.0184. The molecule has 7 nitrogen and oxygen atoms in total. The van der Waals surface area contributed by atoms with Crippen molar-refractivity contribution in [3.63, 3.8) is 0 Å². The van der Waals surface area contributed by atoms with Crippen LogP contribution in [0.1, 0.15) is 38.7 Å². The SMILES string of the molecule is CCNC(=O)[C@H](CC)N(Cc1c(Cl)cccc1Cl)C(=O)CCCN(c1cccc(Cl)c1)S(C)(=O)=O. The molecule has 1 N–H and O–H groups in total. The average Bonchev–Trinajstić information content (AvgIpc) is 2.77. The van der Waals surface area contributed by atoms with E-state index in [0.717, 1.165) is 6.26 Å². The minimum atomic E-state index is -3.60. The van der Waals surface area contributed by atoms with Gasteiger partial charge >= 0.3 is 0 Å². The van der Waals surface area contributed by atoms with Crippen LogP contribution < -0.4 is 9.62 Å². The average molecular weight is 563 g/mol. The third-order valence-corrected chi connectivity index (χ3v) is 7.51. The summed E-state index contributed by atoms with van der Waals surface area (Å²) >= 11 is 18.7. The maximum absolute atomic E-state index is 13.4. The van der Waals surface area contributed by atoms with Gasteiger partial charge in [-0.05, 0) is 50.1 Å². The number of sulfonamides is 1. The zero-order valence-electron chi connectivity index (χ0n) is 19.9. The molecule has 0 bridgehead atoms. The van der Waals surface area contributed by atoms with Gasteiger partial charge in [0.25, 0.3) is 0 Å². The van der Waals surface area contributed by atoms with Gasteiger partial charge < -0.3 is 10.2 Å². The molecule has 0 radical (unpaired) electrons. The monoisotopic (exact) mass is 561 g/mol. The van der Waals surface area contributed by atoms with Crippen molar-refractivity contribution in [3.8, 4) is 0 Å². The molecular weight excluding hydrogens is 533 g/mol. The molecule has 2 aromatic rings. The summed E-state index contributed by atoms with van der Waals surface area (Å²) in [5.41, 5.74) is 0.963. The Labute approximate surface area is 222 Å². The van der Waals surface area contributed by atoms with Gasteiger partial charge in [0.2, 0.25) is 21.8 Å². The maximum atomic E-state index is 13.4. The first kappa shape index (κ1) is 29.2.